The van der Waals surface area contributed by atoms with Crippen LogP contribution in [0.4, 0.5) is 5.69 Å². The van der Waals surface area contributed by atoms with Crippen LogP contribution in [-0.2, 0) is 6.54 Å². The average Bonchev–Trinajstić information content (AvgIpc) is 2.99. The molecule has 0 radical (unpaired) electrons. The van der Waals surface area contributed by atoms with Crippen LogP contribution in [-0.4, -0.2) is 28.4 Å². The van der Waals surface area contributed by atoms with Crippen molar-refractivity contribution < 1.29 is 4.74 Å². The van der Waals surface area contributed by atoms with E-state index >= 15 is 0 Å². The van der Waals surface area contributed by atoms with Gasteiger partial charge in [0, 0.05) is 31.2 Å². The van der Waals surface area contributed by atoms with Crippen molar-refractivity contribution in [1.29, 1.82) is 0 Å². The van der Waals surface area contributed by atoms with E-state index in [1.54, 1.807) is 6.20 Å². The SMILES string of the molecule is CC(CN=C(N)Nc1ccc(OC(C)C)cc1)Cn1cccn1.I. The lowest BCUT2D eigenvalue weighted by Gasteiger charge is -2.12. The molecule has 7 heteroatoms. The number of benzene rings is 1. The number of halogens is 1. The van der Waals surface area contributed by atoms with Gasteiger partial charge in [-0.1, -0.05) is 6.92 Å². The van der Waals surface area contributed by atoms with Crippen LogP contribution in [0.15, 0.2) is 47.7 Å². The third kappa shape index (κ3) is 7.20. The fourth-order valence-electron chi connectivity index (χ4n) is 2.12. The molecule has 0 spiro atoms. The lowest BCUT2D eigenvalue weighted by atomic mass is 10.2. The third-order valence-electron chi connectivity index (χ3n) is 3.13. The summed E-state index contributed by atoms with van der Waals surface area (Å²) in [5.74, 6) is 1.61. The molecular weight excluding hydrogens is 417 g/mol. The van der Waals surface area contributed by atoms with Crippen molar-refractivity contribution >= 4 is 35.6 Å². The molecular formula is C17H26IN5O. The number of nitrogens with one attached hydrogen (secondary N) is 1. The van der Waals surface area contributed by atoms with E-state index in [9.17, 15) is 0 Å². The van der Waals surface area contributed by atoms with Gasteiger partial charge in [0.05, 0.1) is 6.10 Å². The predicted octanol–water partition coefficient (Wildman–Crippen LogP) is 3.35. The smallest absolute Gasteiger partial charge is 0.193 e. The summed E-state index contributed by atoms with van der Waals surface area (Å²) in [6.45, 7) is 7.59. The quantitative estimate of drug-likeness (QED) is 0.391. The van der Waals surface area contributed by atoms with E-state index in [1.165, 1.54) is 0 Å². The molecule has 0 saturated heterocycles. The molecule has 2 rings (SSSR count). The lowest BCUT2D eigenvalue weighted by Crippen LogP contribution is -2.24. The Kier molecular flexibility index (Phi) is 8.59. The minimum absolute atomic E-state index is 0. The van der Waals surface area contributed by atoms with Gasteiger partial charge in [-0.3, -0.25) is 9.67 Å². The van der Waals surface area contributed by atoms with E-state index in [0.717, 1.165) is 18.0 Å². The number of rotatable bonds is 7. The summed E-state index contributed by atoms with van der Waals surface area (Å²) >= 11 is 0. The number of aromatic nitrogens is 2. The van der Waals surface area contributed by atoms with Crippen LogP contribution in [0.2, 0.25) is 0 Å². The fraction of sp³-hybridized carbons (Fsp3) is 0.412. The van der Waals surface area contributed by atoms with E-state index in [1.807, 2.05) is 55.1 Å². The van der Waals surface area contributed by atoms with Crippen LogP contribution >= 0.6 is 24.0 Å². The van der Waals surface area contributed by atoms with Crippen molar-refractivity contribution in [2.75, 3.05) is 11.9 Å². The van der Waals surface area contributed by atoms with Gasteiger partial charge in [-0.05, 0) is 50.1 Å². The van der Waals surface area contributed by atoms with Gasteiger partial charge in [-0.15, -0.1) is 24.0 Å². The standard InChI is InChI=1S/C17H25N5O.HI/c1-13(2)23-16-7-5-15(6-8-16)21-17(18)19-11-14(3)12-22-10-4-9-20-22;/h4-10,13-14H,11-12H2,1-3H3,(H3,18,19,21);1H. The summed E-state index contributed by atoms with van der Waals surface area (Å²) in [5.41, 5.74) is 6.82. The second-order valence-corrected chi connectivity index (χ2v) is 5.88. The maximum atomic E-state index is 5.93. The molecule has 1 aromatic carbocycles. The number of aliphatic imine (C=N–C) groups is 1. The van der Waals surface area contributed by atoms with Gasteiger partial charge in [0.15, 0.2) is 5.96 Å². The number of nitrogens with two attached hydrogens (primary N) is 1. The zero-order valence-electron chi connectivity index (χ0n) is 14.3. The Bertz CT molecular complexity index is 610. The average molecular weight is 443 g/mol. The summed E-state index contributed by atoms with van der Waals surface area (Å²) in [4.78, 5) is 4.38. The second-order valence-electron chi connectivity index (χ2n) is 5.88. The molecule has 3 N–H and O–H groups in total. The van der Waals surface area contributed by atoms with Crippen molar-refractivity contribution in [3.05, 3.63) is 42.7 Å². The maximum absolute atomic E-state index is 5.93. The Morgan fingerprint density at radius 3 is 2.58 bits per heavy atom. The first-order valence-corrected chi connectivity index (χ1v) is 7.84. The van der Waals surface area contributed by atoms with Crippen LogP contribution in [0.25, 0.3) is 0 Å². The summed E-state index contributed by atoms with van der Waals surface area (Å²) < 4.78 is 7.51. The third-order valence-corrected chi connectivity index (χ3v) is 3.13. The first kappa shape index (κ1) is 20.3. The fourth-order valence-corrected chi connectivity index (χ4v) is 2.12. The van der Waals surface area contributed by atoms with Crippen LogP contribution < -0.4 is 15.8 Å². The van der Waals surface area contributed by atoms with E-state index < -0.39 is 0 Å². The van der Waals surface area contributed by atoms with Crippen LogP contribution in [0.1, 0.15) is 20.8 Å². The van der Waals surface area contributed by atoms with Crippen LogP contribution in [0.3, 0.4) is 0 Å². The van der Waals surface area contributed by atoms with Gasteiger partial charge >= 0.3 is 0 Å². The molecule has 0 saturated carbocycles. The Hall–Kier alpha value is -1.77. The highest BCUT2D eigenvalue weighted by atomic mass is 127. The minimum Gasteiger partial charge on any atom is -0.491 e. The highest BCUT2D eigenvalue weighted by molar-refractivity contribution is 14.0. The topological polar surface area (TPSA) is 77.5 Å². The molecule has 0 amide bonds. The van der Waals surface area contributed by atoms with Gasteiger partial charge in [0.25, 0.3) is 0 Å². The van der Waals surface area contributed by atoms with E-state index in [4.69, 9.17) is 10.5 Å². The number of hydrogen-bond acceptors (Lipinski definition) is 3. The van der Waals surface area contributed by atoms with Crippen molar-refractivity contribution in [2.24, 2.45) is 16.6 Å². The van der Waals surface area contributed by atoms with Crippen LogP contribution in [0, 0.1) is 5.92 Å². The first-order valence-electron chi connectivity index (χ1n) is 7.84. The normalized spacial score (nSPS) is 12.6. The molecule has 0 bridgehead atoms. The Morgan fingerprint density at radius 1 is 1.29 bits per heavy atom. The summed E-state index contributed by atoms with van der Waals surface area (Å²) in [6.07, 6.45) is 3.89. The zero-order valence-corrected chi connectivity index (χ0v) is 16.7. The van der Waals surface area contributed by atoms with Crippen molar-refractivity contribution in [1.82, 2.24) is 9.78 Å². The number of nitrogens with zero attached hydrogens (tertiary/aromatic N) is 3. The molecule has 132 valence electrons. The number of hydrogen-bond donors (Lipinski definition) is 2. The lowest BCUT2D eigenvalue weighted by molar-refractivity contribution is 0.242. The zero-order chi connectivity index (χ0) is 16.7. The first-order chi connectivity index (χ1) is 11.0. The number of guanidine groups is 1. The van der Waals surface area contributed by atoms with E-state index in [0.29, 0.717) is 18.4 Å². The van der Waals surface area contributed by atoms with Gasteiger partial charge in [0.2, 0.25) is 0 Å². The van der Waals surface area contributed by atoms with Gasteiger partial charge in [-0.25, -0.2) is 0 Å². The molecule has 1 atom stereocenters. The molecule has 0 aliphatic rings. The predicted molar refractivity (Wildman–Crippen MR) is 109 cm³/mol. The molecule has 2 aromatic rings. The Morgan fingerprint density at radius 2 is 2.00 bits per heavy atom. The molecule has 0 aliphatic heterocycles. The molecule has 0 fully saturated rings. The largest absolute Gasteiger partial charge is 0.491 e. The molecule has 1 unspecified atom stereocenters. The van der Waals surface area contributed by atoms with Crippen molar-refractivity contribution in [2.45, 2.75) is 33.4 Å². The molecule has 1 heterocycles. The highest BCUT2D eigenvalue weighted by Crippen LogP contribution is 2.16. The minimum atomic E-state index is 0. The Labute approximate surface area is 160 Å². The summed E-state index contributed by atoms with van der Waals surface area (Å²) in [7, 11) is 0. The number of anilines is 1. The summed E-state index contributed by atoms with van der Waals surface area (Å²) in [5, 5.41) is 7.28. The second kappa shape index (κ2) is 10.2. The van der Waals surface area contributed by atoms with Crippen molar-refractivity contribution in [3.63, 3.8) is 0 Å². The Balaban J connectivity index is 0.00000288. The van der Waals surface area contributed by atoms with Gasteiger partial charge < -0.3 is 15.8 Å². The number of ether oxygens (including phenoxy) is 1. The van der Waals surface area contributed by atoms with Gasteiger partial charge in [-0.2, -0.15) is 5.10 Å². The van der Waals surface area contributed by atoms with Gasteiger partial charge in [0.1, 0.15) is 5.75 Å². The monoisotopic (exact) mass is 443 g/mol. The van der Waals surface area contributed by atoms with E-state index in [-0.39, 0.29) is 30.1 Å². The van der Waals surface area contributed by atoms with Crippen LogP contribution in [0.5, 0.6) is 5.75 Å². The highest BCUT2D eigenvalue weighted by Gasteiger charge is 2.04. The molecule has 0 aliphatic carbocycles. The van der Waals surface area contributed by atoms with Crippen molar-refractivity contribution in [3.8, 4) is 5.75 Å². The summed E-state index contributed by atoms with van der Waals surface area (Å²) in [6, 6.07) is 9.59. The maximum Gasteiger partial charge on any atom is 0.193 e. The molecule has 24 heavy (non-hydrogen) atoms. The molecule has 1 aromatic heterocycles. The molecule has 6 nitrogen and oxygen atoms in total. The van der Waals surface area contributed by atoms with E-state index in [2.05, 4.69) is 22.3 Å².